The molecule has 0 aromatic rings. The van der Waals surface area contributed by atoms with Crippen molar-refractivity contribution in [3.05, 3.63) is 35.5 Å². The van der Waals surface area contributed by atoms with Gasteiger partial charge in [-0.05, 0) is 19.4 Å². The lowest BCUT2D eigenvalue weighted by molar-refractivity contribution is -0.0646. The van der Waals surface area contributed by atoms with E-state index in [0.29, 0.717) is 13.1 Å². The molecule has 0 aliphatic carbocycles. The highest BCUT2D eigenvalue weighted by molar-refractivity contribution is 5.33. The molecule has 1 aliphatic heterocycles. The van der Waals surface area contributed by atoms with Crippen LogP contribution in [0.2, 0.25) is 0 Å². The molecule has 0 aromatic carbocycles. The van der Waals surface area contributed by atoms with Crippen molar-refractivity contribution < 1.29 is 5.21 Å². The monoisotopic (exact) mass is 165 g/mol. The van der Waals surface area contributed by atoms with Gasteiger partial charge in [-0.25, -0.2) is 0 Å². The molecule has 0 radical (unpaired) electrons. The van der Waals surface area contributed by atoms with Crippen LogP contribution in [0, 0.1) is 0 Å². The van der Waals surface area contributed by atoms with Gasteiger partial charge in [0, 0.05) is 13.1 Å². The van der Waals surface area contributed by atoms with Gasteiger partial charge in [0.2, 0.25) is 0 Å². The first kappa shape index (κ1) is 9.23. The maximum atomic E-state index is 9.17. The van der Waals surface area contributed by atoms with E-state index in [2.05, 4.69) is 6.58 Å². The highest BCUT2D eigenvalue weighted by Crippen LogP contribution is 2.16. The third-order valence-corrected chi connectivity index (χ3v) is 1.89. The van der Waals surface area contributed by atoms with Crippen molar-refractivity contribution in [1.82, 2.24) is 5.06 Å². The Morgan fingerprint density at radius 2 is 2.25 bits per heavy atom. The highest BCUT2D eigenvalue weighted by Gasteiger charge is 2.14. The van der Waals surface area contributed by atoms with Gasteiger partial charge in [0.15, 0.2) is 0 Å². The SMILES string of the molecule is C=C(C)/C=C\C1=C(C)CN(O)C1. The molecule has 0 bridgehead atoms. The summed E-state index contributed by atoms with van der Waals surface area (Å²) < 4.78 is 0. The van der Waals surface area contributed by atoms with Gasteiger partial charge < -0.3 is 5.21 Å². The molecule has 12 heavy (non-hydrogen) atoms. The van der Waals surface area contributed by atoms with E-state index in [0.717, 1.165) is 5.57 Å². The molecule has 2 heteroatoms. The molecular formula is C10H15NO. The number of nitrogens with zero attached hydrogens (tertiary/aromatic N) is 1. The molecule has 0 unspecified atom stereocenters. The first-order valence-electron chi connectivity index (χ1n) is 4.05. The molecule has 1 rings (SSSR count). The van der Waals surface area contributed by atoms with Crippen LogP contribution in [-0.2, 0) is 0 Å². The molecule has 0 fully saturated rings. The minimum Gasteiger partial charge on any atom is -0.313 e. The summed E-state index contributed by atoms with van der Waals surface area (Å²) in [6.45, 7) is 9.06. The molecule has 0 amide bonds. The van der Waals surface area contributed by atoms with Crippen molar-refractivity contribution in [2.45, 2.75) is 13.8 Å². The largest absolute Gasteiger partial charge is 0.313 e. The molecule has 0 saturated carbocycles. The third-order valence-electron chi connectivity index (χ3n) is 1.89. The lowest BCUT2D eigenvalue weighted by Crippen LogP contribution is -2.15. The minimum absolute atomic E-state index is 0.635. The summed E-state index contributed by atoms with van der Waals surface area (Å²) in [5.41, 5.74) is 3.46. The second kappa shape index (κ2) is 3.70. The van der Waals surface area contributed by atoms with Gasteiger partial charge in [0.1, 0.15) is 0 Å². The van der Waals surface area contributed by atoms with E-state index in [4.69, 9.17) is 0 Å². The molecule has 0 saturated heterocycles. The van der Waals surface area contributed by atoms with Crippen LogP contribution in [0.5, 0.6) is 0 Å². The smallest absolute Gasteiger partial charge is 0.0492 e. The number of hydroxylamine groups is 2. The summed E-state index contributed by atoms with van der Waals surface area (Å²) in [6.07, 6.45) is 3.99. The van der Waals surface area contributed by atoms with Gasteiger partial charge >= 0.3 is 0 Å². The molecule has 1 N–H and O–H groups in total. The third kappa shape index (κ3) is 2.32. The summed E-state index contributed by atoms with van der Waals surface area (Å²) in [5.74, 6) is 0. The molecule has 1 heterocycles. The van der Waals surface area contributed by atoms with E-state index in [9.17, 15) is 5.21 Å². The summed E-state index contributed by atoms with van der Waals surface area (Å²) in [5, 5.41) is 10.5. The molecule has 0 aromatic heterocycles. The van der Waals surface area contributed by atoms with Gasteiger partial charge in [-0.1, -0.05) is 29.9 Å². The first-order valence-corrected chi connectivity index (χ1v) is 4.05. The van der Waals surface area contributed by atoms with Gasteiger partial charge in [-0.15, -0.1) is 0 Å². The predicted octanol–water partition coefficient (Wildman–Crippen LogP) is 2.14. The van der Waals surface area contributed by atoms with Crippen LogP contribution >= 0.6 is 0 Å². The molecule has 0 atom stereocenters. The first-order chi connectivity index (χ1) is 5.59. The van der Waals surface area contributed by atoms with Gasteiger partial charge in [0.05, 0.1) is 0 Å². The van der Waals surface area contributed by atoms with Gasteiger partial charge in [-0.3, -0.25) is 0 Å². The van der Waals surface area contributed by atoms with E-state index in [1.54, 1.807) is 0 Å². The van der Waals surface area contributed by atoms with Crippen LogP contribution in [0.1, 0.15) is 13.8 Å². The Morgan fingerprint density at radius 3 is 2.67 bits per heavy atom. The van der Waals surface area contributed by atoms with Crippen molar-refractivity contribution in [2.24, 2.45) is 0 Å². The zero-order valence-electron chi connectivity index (χ0n) is 7.67. The standard InChI is InChI=1S/C10H15NO/c1-8(2)4-5-10-7-11(12)6-9(10)3/h4-5,12H,1,6-7H2,2-3H3/b5-4-. The summed E-state index contributed by atoms with van der Waals surface area (Å²) in [4.78, 5) is 0. The van der Waals surface area contributed by atoms with Crippen LogP contribution in [0.4, 0.5) is 0 Å². The van der Waals surface area contributed by atoms with Crippen molar-refractivity contribution in [1.29, 1.82) is 0 Å². The summed E-state index contributed by atoms with van der Waals surface area (Å²) >= 11 is 0. The van der Waals surface area contributed by atoms with Crippen LogP contribution in [0.15, 0.2) is 35.5 Å². The number of rotatable bonds is 2. The fourth-order valence-corrected chi connectivity index (χ4v) is 1.20. The Hall–Kier alpha value is -0.860. The van der Waals surface area contributed by atoms with Gasteiger partial charge in [0.25, 0.3) is 0 Å². The van der Waals surface area contributed by atoms with E-state index in [-0.39, 0.29) is 0 Å². The Labute approximate surface area is 73.5 Å². The number of hydrogen-bond donors (Lipinski definition) is 1. The average Bonchev–Trinajstić information content (AvgIpc) is 2.26. The Morgan fingerprint density at radius 1 is 1.58 bits per heavy atom. The van der Waals surface area contributed by atoms with Crippen LogP contribution in [0.3, 0.4) is 0 Å². The topological polar surface area (TPSA) is 23.5 Å². The second-order valence-electron chi connectivity index (χ2n) is 3.31. The van der Waals surface area contributed by atoms with Crippen LogP contribution in [0.25, 0.3) is 0 Å². The highest BCUT2D eigenvalue weighted by atomic mass is 16.5. The fourth-order valence-electron chi connectivity index (χ4n) is 1.20. The van der Waals surface area contributed by atoms with Crippen molar-refractivity contribution in [3.63, 3.8) is 0 Å². The van der Waals surface area contributed by atoms with Crippen LogP contribution in [-0.4, -0.2) is 23.4 Å². The normalized spacial score (nSPS) is 19.6. The molecule has 2 nitrogen and oxygen atoms in total. The van der Waals surface area contributed by atoms with E-state index in [1.807, 2.05) is 26.0 Å². The lowest BCUT2D eigenvalue weighted by Gasteiger charge is -2.02. The predicted molar refractivity (Wildman–Crippen MR) is 50.0 cm³/mol. The maximum absolute atomic E-state index is 9.17. The molecule has 66 valence electrons. The molecule has 1 aliphatic rings. The Bertz CT molecular complexity index is 251. The van der Waals surface area contributed by atoms with Crippen LogP contribution < -0.4 is 0 Å². The second-order valence-corrected chi connectivity index (χ2v) is 3.31. The number of allylic oxidation sites excluding steroid dienone is 2. The minimum atomic E-state index is 0.635. The van der Waals surface area contributed by atoms with Gasteiger partial charge in [-0.2, -0.15) is 5.06 Å². The molecule has 0 spiro atoms. The van der Waals surface area contributed by atoms with Crippen molar-refractivity contribution >= 4 is 0 Å². The summed E-state index contributed by atoms with van der Waals surface area (Å²) in [7, 11) is 0. The Balaban J connectivity index is 2.64. The zero-order chi connectivity index (χ0) is 9.14. The summed E-state index contributed by atoms with van der Waals surface area (Å²) in [6, 6.07) is 0. The Kier molecular flexibility index (Phi) is 2.84. The van der Waals surface area contributed by atoms with E-state index < -0.39 is 0 Å². The zero-order valence-corrected chi connectivity index (χ0v) is 7.67. The number of hydrogen-bond acceptors (Lipinski definition) is 2. The van der Waals surface area contributed by atoms with Crippen molar-refractivity contribution in [2.75, 3.05) is 13.1 Å². The van der Waals surface area contributed by atoms with E-state index >= 15 is 0 Å². The maximum Gasteiger partial charge on any atom is 0.0492 e. The molecular weight excluding hydrogens is 150 g/mol. The quantitative estimate of drug-likeness (QED) is 0.634. The fraction of sp³-hybridized carbons (Fsp3) is 0.400. The lowest BCUT2D eigenvalue weighted by atomic mass is 10.1. The van der Waals surface area contributed by atoms with Crippen molar-refractivity contribution in [3.8, 4) is 0 Å². The average molecular weight is 165 g/mol. The van der Waals surface area contributed by atoms with E-state index in [1.165, 1.54) is 16.2 Å².